The Balaban J connectivity index is 0.975. The highest BCUT2D eigenvalue weighted by Gasteiger charge is 2.49. The molecule has 220 valence electrons. The molecule has 0 spiro atoms. The van der Waals surface area contributed by atoms with E-state index in [-0.39, 0.29) is 42.1 Å². The number of rotatable bonds is 10. The van der Waals surface area contributed by atoms with Gasteiger partial charge in [-0.05, 0) is 63.1 Å². The van der Waals surface area contributed by atoms with Crippen molar-refractivity contribution in [2.45, 2.75) is 62.6 Å². The van der Waals surface area contributed by atoms with Gasteiger partial charge in [0.1, 0.15) is 5.82 Å². The first-order valence-electron chi connectivity index (χ1n) is 14.4. The summed E-state index contributed by atoms with van der Waals surface area (Å²) in [6, 6.07) is 7.17. The molecule has 3 aromatic heterocycles. The van der Waals surface area contributed by atoms with Gasteiger partial charge in [0.15, 0.2) is 18.2 Å². The number of aromatic nitrogens is 3. The summed E-state index contributed by atoms with van der Waals surface area (Å²) in [4.78, 5) is 36.0. The average Bonchev–Trinajstić information content (AvgIpc) is 3.80. The van der Waals surface area contributed by atoms with Gasteiger partial charge in [-0.15, -0.1) is 0 Å². The number of pyridine rings is 3. The highest BCUT2D eigenvalue weighted by molar-refractivity contribution is 5.94. The van der Waals surface area contributed by atoms with Crippen molar-refractivity contribution in [3.8, 4) is 11.6 Å². The molecule has 2 saturated carbocycles. The van der Waals surface area contributed by atoms with Crippen LogP contribution in [-0.2, 0) is 27.3 Å². The summed E-state index contributed by atoms with van der Waals surface area (Å²) in [7, 11) is 0. The largest absolute Gasteiger partial charge is 0.481 e. The Bertz CT molecular complexity index is 1540. The third-order valence-corrected chi connectivity index (χ3v) is 9.21. The number of aliphatic carboxylic acids is 1. The summed E-state index contributed by atoms with van der Waals surface area (Å²) in [5.41, 5.74) is 1.89. The molecule has 42 heavy (non-hydrogen) atoms. The Hall–Kier alpha value is -3.90. The van der Waals surface area contributed by atoms with Gasteiger partial charge in [0, 0.05) is 29.6 Å². The van der Waals surface area contributed by atoms with Crippen LogP contribution in [0.4, 0.5) is 10.2 Å². The molecule has 3 aromatic rings. The Morgan fingerprint density at radius 2 is 2.05 bits per heavy atom. The first-order valence-corrected chi connectivity index (χ1v) is 14.4. The summed E-state index contributed by atoms with van der Waals surface area (Å²) >= 11 is 0. The van der Waals surface area contributed by atoms with Crippen molar-refractivity contribution >= 4 is 28.7 Å². The highest BCUT2D eigenvalue weighted by Crippen LogP contribution is 2.46. The van der Waals surface area contributed by atoms with Crippen molar-refractivity contribution < 1.29 is 33.3 Å². The second-order valence-electron chi connectivity index (χ2n) is 11.9. The van der Waals surface area contributed by atoms with Gasteiger partial charge in [-0.2, -0.15) is 0 Å². The maximum absolute atomic E-state index is 15.1. The molecule has 11 nitrogen and oxygen atoms in total. The molecule has 5 aliphatic rings. The summed E-state index contributed by atoms with van der Waals surface area (Å²) in [6.45, 7) is 1.38. The number of carbonyl (C=O) groups is 2. The van der Waals surface area contributed by atoms with E-state index in [2.05, 4.69) is 25.6 Å². The molecule has 3 N–H and O–H groups in total. The number of halogens is 1. The fourth-order valence-electron chi connectivity index (χ4n) is 6.37. The third kappa shape index (κ3) is 5.24. The predicted octanol–water partition coefficient (Wildman–Crippen LogP) is 3.40. The van der Waals surface area contributed by atoms with Gasteiger partial charge in [-0.25, -0.2) is 14.4 Å². The molecule has 6 heterocycles. The lowest BCUT2D eigenvalue weighted by Gasteiger charge is -2.53. The second-order valence-corrected chi connectivity index (χ2v) is 11.9. The van der Waals surface area contributed by atoms with Crippen LogP contribution in [0, 0.1) is 17.7 Å². The minimum Gasteiger partial charge on any atom is -0.481 e. The van der Waals surface area contributed by atoms with E-state index in [4.69, 9.17) is 19.3 Å². The predicted molar refractivity (Wildman–Crippen MR) is 148 cm³/mol. The van der Waals surface area contributed by atoms with Gasteiger partial charge >= 0.3 is 5.97 Å². The summed E-state index contributed by atoms with van der Waals surface area (Å²) in [6.07, 6.45) is 6.56. The fourth-order valence-corrected chi connectivity index (χ4v) is 6.37. The quantitative estimate of drug-likeness (QED) is 0.328. The van der Waals surface area contributed by atoms with Gasteiger partial charge in [-0.1, -0.05) is 0 Å². The number of carboxylic acid groups (broad SMARTS) is 1. The van der Waals surface area contributed by atoms with Gasteiger partial charge in [0.2, 0.25) is 5.88 Å². The van der Waals surface area contributed by atoms with E-state index in [9.17, 15) is 9.59 Å². The zero-order chi connectivity index (χ0) is 28.9. The van der Waals surface area contributed by atoms with Crippen LogP contribution in [-0.4, -0.2) is 62.9 Å². The molecule has 2 aliphatic carbocycles. The number of aryl methyl sites for hydroxylation is 1. The molecule has 3 aliphatic heterocycles. The Morgan fingerprint density at radius 1 is 1.19 bits per heavy atom. The van der Waals surface area contributed by atoms with Crippen molar-refractivity contribution in [1.82, 2.24) is 20.3 Å². The number of carboxylic acids is 1. The van der Waals surface area contributed by atoms with Gasteiger partial charge < -0.3 is 30.0 Å². The first-order chi connectivity index (χ1) is 20.3. The zero-order valence-electron chi connectivity index (χ0n) is 23.0. The molecular formula is C30H32FN5O6. The molecule has 2 saturated heterocycles. The maximum atomic E-state index is 15.1. The fraction of sp³-hybridized carbons (Fsp3) is 0.500. The van der Waals surface area contributed by atoms with Crippen LogP contribution in [0.15, 0.2) is 30.5 Å². The van der Waals surface area contributed by atoms with E-state index in [0.29, 0.717) is 66.5 Å². The Morgan fingerprint density at radius 3 is 2.81 bits per heavy atom. The van der Waals surface area contributed by atoms with E-state index in [0.717, 1.165) is 31.4 Å². The van der Waals surface area contributed by atoms with Crippen molar-refractivity contribution in [3.05, 3.63) is 47.5 Å². The van der Waals surface area contributed by atoms with E-state index in [1.807, 2.05) is 12.1 Å². The molecule has 4 fully saturated rings. The number of nitrogens with zero attached hydrogens (tertiary/aromatic N) is 3. The number of carbonyl (C=O) groups excluding carboxylic acids is 1. The standard InChI is InChI=1S/C30H32FN5O6/c31-21-13-32-22-2-4-25(41-14-17-11-20(17)28(38)39)36-26(22)19(21)5-6-30-9-7-29(8-10-30,16-42-30)33-12-18-1-3-23-27(34-18)35-24(37)15-40-23/h1-4,13,17,20,33H,5-12,14-16H2,(H,38,39)(H,34,35,37)/t17-,20?,29?,30?/m0/s1. The minimum atomic E-state index is -0.804. The van der Waals surface area contributed by atoms with Crippen molar-refractivity contribution in [2.24, 2.45) is 11.8 Å². The molecule has 0 radical (unpaired) electrons. The van der Waals surface area contributed by atoms with Crippen LogP contribution >= 0.6 is 0 Å². The van der Waals surface area contributed by atoms with Crippen molar-refractivity contribution in [3.63, 3.8) is 0 Å². The van der Waals surface area contributed by atoms with Crippen LogP contribution in [0.25, 0.3) is 11.0 Å². The average molecular weight is 578 g/mol. The number of nitrogens with one attached hydrogen (secondary N) is 2. The molecule has 12 heteroatoms. The van der Waals surface area contributed by atoms with E-state index < -0.39 is 11.8 Å². The third-order valence-electron chi connectivity index (χ3n) is 9.21. The van der Waals surface area contributed by atoms with Crippen LogP contribution < -0.4 is 20.1 Å². The second kappa shape index (κ2) is 10.4. The van der Waals surface area contributed by atoms with E-state index in [1.165, 1.54) is 6.20 Å². The van der Waals surface area contributed by atoms with Gasteiger partial charge in [0.25, 0.3) is 5.91 Å². The monoisotopic (exact) mass is 577 g/mol. The maximum Gasteiger partial charge on any atom is 0.306 e. The Labute approximate surface area is 241 Å². The van der Waals surface area contributed by atoms with Crippen molar-refractivity contribution in [2.75, 3.05) is 25.1 Å². The number of amides is 1. The first kappa shape index (κ1) is 27.0. The normalized spacial score (nSPS) is 27.7. The zero-order valence-corrected chi connectivity index (χ0v) is 23.0. The molecule has 2 bridgehead atoms. The molecular weight excluding hydrogens is 545 g/mol. The number of ether oxygens (including phenoxy) is 3. The SMILES string of the molecule is O=C1COc2ccc(CNC34CCC(CCc5c(F)cnc6ccc(OC[C@@H]7CC7C(=O)O)nc56)(CC3)OC4)nc2N1. The van der Waals surface area contributed by atoms with Crippen LogP contribution in [0.1, 0.15) is 49.8 Å². The van der Waals surface area contributed by atoms with E-state index in [1.54, 1.807) is 12.1 Å². The lowest BCUT2D eigenvalue weighted by atomic mass is 9.69. The van der Waals surface area contributed by atoms with Crippen LogP contribution in [0.2, 0.25) is 0 Å². The van der Waals surface area contributed by atoms with Crippen molar-refractivity contribution in [1.29, 1.82) is 0 Å². The van der Waals surface area contributed by atoms with Gasteiger partial charge in [-0.3, -0.25) is 14.6 Å². The summed E-state index contributed by atoms with van der Waals surface area (Å²) in [5, 5.41) is 15.5. The molecule has 8 rings (SSSR count). The number of anilines is 1. The number of hydrogen-bond acceptors (Lipinski definition) is 9. The van der Waals surface area contributed by atoms with Crippen LogP contribution in [0.5, 0.6) is 11.6 Å². The van der Waals surface area contributed by atoms with Gasteiger partial charge in [0.05, 0.1) is 47.7 Å². The lowest BCUT2D eigenvalue weighted by molar-refractivity contribution is -0.165. The molecule has 0 aromatic carbocycles. The van der Waals surface area contributed by atoms with E-state index >= 15 is 4.39 Å². The molecule has 1 unspecified atom stereocenters. The molecule has 1 amide bonds. The summed E-state index contributed by atoms with van der Waals surface area (Å²) < 4.78 is 32.7. The highest BCUT2D eigenvalue weighted by atomic mass is 19.1. The topological polar surface area (TPSA) is 145 Å². The number of fused-ring (bicyclic) bond motifs is 5. The smallest absolute Gasteiger partial charge is 0.306 e. The summed E-state index contributed by atoms with van der Waals surface area (Å²) in [5.74, 6) is -0.437. The number of hydrogen-bond donors (Lipinski definition) is 3. The molecule has 2 atom stereocenters. The minimum absolute atomic E-state index is 0.00137. The lowest BCUT2D eigenvalue weighted by Crippen LogP contribution is -2.61. The van der Waals surface area contributed by atoms with Crippen LogP contribution in [0.3, 0.4) is 0 Å². The Kier molecular flexibility index (Phi) is 6.69.